The fourth-order valence-electron chi connectivity index (χ4n) is 3.56. The Labute approximate surface area is 128 Å². The van der Waals surface area contributed by atoms with Gasteiger partial charge in [-0.05, 0) is 49.8 Å². The van der Waals surface area contributed by atoms with Crippen molar-refractivity contribution in [2.45, 2.75) is 43.0 Å². The van der Waals surface area contributed by atoms with E-state index in [1.165, 1.54) is 0 Å². The lowest BCUT2D eigenvalue weighted by Crippen LogP contribution is -2.46. The van der Waals surface area contributed by atoms with Crippen molar-refractivity contribution in [1.82, 2.24) is 4.31 Å². The Morgan fingerprint density at radius 1 is 1.20 bits per heavy atom. The monoisotopic (exact) mass is 358 g/mol. The van der Waals surface area contributed by atoms with Crippen LogP contribution in [0.15, 0.2) is 27.6 Å². The lowest BCUT2D eigenvalue weighted by molar-refractivity contribution is 0.202. The number of nitrogens with two attached hydrogens (primary N) is 1. The largest absolute Gasteiger partial charge is 0.398 e. The van der Waals surface area contributed by atoms with Crippen LogP contribution in [0.4, 0.5) is 5.69 Å². The molecule has 6 heteroatoms. The number of anilines is 1. The van der Waals surface area contributed by atoms with Gasteiger partial charge in [-0.3, -0.25) is 0 Å². The summed E-state index contributed by atoms with van der Waals surface area (Å²) < 4.78 is 28.3. The van der Waals surface area contributed by atoms with Crippen LogP contribution in [0.3, 0.4) is 0 Å². The predicted molar refractivity (Wildman–Crippen MR) is 82.8 cm³/mol. The van der Waals surface area contributed by atoms with Crippen molar-refractivity contribution < 1.29 is 8.42 Å². The Morgan fingerprint density at radius 2 is 1.95 bits per heavy atom. The van der Waals surface area contributed by atoms with Gasteiger partial charge in [-0.25, -0.2) is 8.42 Å². The Kier molecular flexibility index (Phi) is 3.81. The third kappa shape index (κ3) is 2.38. The molecule has 1 aromatic rings. The number of benzene rings is 1. The molecule has 0 radical (unpaired) electrons. The van der Waals surface area contributed by atoms with Gasteiger partial charge in [-0.2, -0.15) is 4.31 Å². The predicted octanol–water partition coefficient (Wildman–Crippen LogP) is 2.98. The molecule has 20 heavy (non-hydrogen) atoms. The van der Waals surface area contributed by atoms with E-state index < -0.39 is 10.0 Å². The molecule has 3 rings (SSSR count). The minimum Gasteiger partial charge on any atom is -0.398 e. The summed E-state index contributed by atoms with van der Waals surface area (Å²) in [6.45, 7) is 0.620. The number of halogens is 1. The molecule has 4 nitrogen and oxygen atoms in total. The minimum atomic E-state index is -3.49. The summed E-state index contributed by atoms with van der Waals surface area (Å²) in [5, 5.41) is 0. The summed E-state index contributed by atoms with van der Waals surface area (Å²) in [7, 11) is -3.49. The van der Waals surface area contributed by atoms with Gasteiger partial charge in [-0.15, -0.1) is 0 Å². The van der Waals surface area contributed by atoms with Crippen molar-refractivity contribution in [3.63, 3.8) is 0 Å². The van der Waals surface area contributed by atoms with Gasteiger partial charge in [0.25, 0.3) is 0 Å². The molecule has 2 atom stereocenters. The Morgan fingerprint density at radius 3 is 2.75 bits per heavy atom. The van der Waals surface area contributed by atoms with E-state index >= 15 is 0 Å². The number of hydrogen-bond donors (Lipinski definition) is 1. The minimum absolute atomic E-state index is 0.173. The molecule has 1 saturated heterocycles. The molecular weight excluding hydrogens is 340 g/mol. The number of piperidine rings is 1. The lowest BCUT2D eigenvalue weighted by atomic mass is 9.94. The first-order chi connectivity index (χ1) is 9.50. The molecule has 2 fully saturated rings. The number of hydrogen-bond acceptors (Lipinski definition) is 3. The highest BCUT2D eigenvalue weighted by atomic mass is 79.9. The molecule has 1 aliphatic heterocycles. The van der Waals surface area contributed by atoms with E-state index in [0.29, 0.717) is 18.2 Å². The third-order valence-electron chi connectivity index (χ3n) is 4.50. The van der Waals surface area contributed by atoms with Gasteiger partial charge < -0.3 is 5.73 Å². The molecule has 2 N–H and O–H groups in total. The van der Waals surface area contributed by atoms with E-state index in [2.05, 4.69) is 15.9 Å². The van der Waals surface area contributed by atoms with Crippen LogP contribution in [0.2, 0.25) is 0 Å². The summed E-state index contributed by atoms with van der Waals surface area (Å²) in [5.74, 6) is 0.534. The quantitative estimate of drug-likeness (QED) is 0.826. The second-order valence-corrected chi connectivity index (χ2v) is 8.47. The zero-order valence-corrected chi connectivity index (χ0v) is 13.7. The Balaban J connectivity index is 2.00. The molecule has 1 saturated carbocycles. The first-order valence-corrected chi connectivity index (χ1v) is 9.30. The van der Waals surface area contributed by atoms with Crippen molar-refractivity contribution in [2.75, 3.05) is 12.3 Å². The number of sulfonamides is 1. The van der Waals surface area contributed by atoms with Gasteiger partial charge in [0.05, 0.1) is 5.69 Å². The molecule has 2 unspecified atom stereocenters. The first-order valence-electron chi connectivity index (χ1n) is 7.07. The van der Waals surface area contributed by atoms with E-state index in [1.54, 1.807) is 22.5 Å². The topological polar surface area (TPSA) is 63.4 Å². The van der Waals surface area contributed by atoms with Crippen molar-refractivity contribution >= 4 is 31.6 Å². The summed E-state index contributed by atoms with van der Waals surface area (Å²) in [5.41, 5.74) is 6.22. The Bertz CT molecular complexity index is 618. The van der Waals surface area contributed by atoms with E-state index in [9.17, 15) is 8.42 Å². The first kappa shape index (κ1) is 14.4. The van der Waals surface area contributed by atoms with Gasteiger partial charge in [0.2, 0.25) is 10.0 Å². The second-order valence-electron chi connectivity index (χ2n) is 5.70. The lowest BCUT2D eigenvalue weighted by Gasteiger charge is -2.36. The maximum atomic E-state index is 12.9. The molecule has 0 bridgehead atoms. The van der Waals surface area contributed by atoms with Gasteiger partial charge in [0, 0.05) is 17.1 Å². The molecule has 0 amide bonds. The molecule has 110 valence electrons. The third-order valence-corrected chi connectivity index (χ3v) is 6.98. The molecule has 2 aliphatic rings. The van der Waals surface area contributed by atoms with Crippen molar-refractivity contribution in [1.29, 1.82) is 0 Å². The van der Waals surface area contributed by atoms with Crippen LogP contribution in [-0.4, -0.2) is 25.3 Å². The fraction of sp³-hybridized carbons (Fsp3) is 0.571. The number of fused-ring (bicyclic) bond motifs is 1. The van der Waals surface area contributed by atoms with Crippen molar-refractivity contribution in [2.24, 2.45) is 5.92 Å². The highest BCUT2D eigenvalue weighted by Crippen LogP contribution is 2.40. The van der Waals surface area contributed by atoms with Gasteiger partial charge >= 0.3 is 0 Å². The summed E-state index contributed by atoms with van der Waals surface area (Å²) in [4.78, 5) is 0.236. The van der Waals surface area contributed by atoms with E-state index in [1.807, 2.05) is 0 Å². The van der Waals surface area contributed by atoms with Crippen LogP contribution in [0, 0.1) is 5.92 Å². The van der Waals surface area contributed by atoms with Crippen LogP contribution in [0.5, 0.6) is 0 Å². The van der Waals surface area contributed by atoms with Crippen LogP contribution in [-0.2, 0) is 10.0 Å². The van der Waals surface area contributed by atoms with Gasteiger partial charge in [0.15, 0.2) is 0 Å². The van der Waals surface area contributed by atoms with Gasteiger partial charge in [-0.1, -0.05) is 22.4 Å². The van der Waals surface area contributed by atoms with Crippen LogP contribution < -0.4 is 5.73 Å². The SMILES string of the molecule is Nc1ccc(Br)cc1S(=O)(=O)N1CCCC2CCCC21. The van der Waals surface area contributed by atoms with Crippen LogP contribution in [0.1, 0.15) is 32.1 Å². The van der Waals surface area contributed by atoms with Crippen LogP contribution in [0.25, 0.3) is 0 Å². The zero-order valence-electron chi connectivity index (χ0n) is 11.3. The smallest absolute Gasteiger partial charge is 0.245 e. The number of rotatable bonds is 2. The number of nitrogens with zero attached hydrogens (tertiary/aromatic N) is 1. The van der Waals surface area contributed by atoms with Crippen molar-refractivity contribution in [3.05, 3.63) is 22.7 Å². The van der Waals surface area contributed by atoms with Gasteiger partial charge in [0.1, 0.15) is 4.90 Å². The normalized spacial score (nSPS) is 27.4. The number of nitrogen functional groups attached to an aromatic ring is 1. The van der Waals surface area contributed by atoms with E-state index in [-0.39, 0.29) is 10.9 Å². The maximum Gasteiger partial charge on any atom is 0.245 e. The molecule has 0 aromatic heterocycles. The van der Waals surface area contributed by atoms with Crippen LogP contribution >= 0.6 is 15.9 Å². The highest BCUT2D eigenvalue weighted by Gasteiger charge is 2.41. The average Bonchev–Trinajstić information content (AvgIpc) is 2.89. The second kappa shape index (κ2) is 5.31. The summed E-state index contributed by atoms with van der Waals surface area (Å²) in [6, 6.07) is 5.20. The van der Waals surface area contributed by atoms with E-state index in [4.69, 9.17) is 5.73 Å². The molecule has 0 spiro atoms. The average molecular weight is 359 g/mol. The summed E-state index contributed by atoms with van der Waals surface area (Å²) in [6.07, 6.45) is 5.39. The summed E-state index contributed by atoms with van der Waals surface area (Å²) >= 11 is 3.33. The highest BCUT2D eigenvalue weighted by molar-refractivity contribution is 9.10. The molecule has 1 heterocycles. The Hall–Kier alpha value is -0.590. The van der Waals surface area contributed by atoms with Crippen molar-refractivity contribution in [3.8, 4) is 0 Å². The fourth-order valence-corrected chi connectivity index (χ4v) is 5.98. The molecular formula is C14H19BrN2O2S. The standard InChI is InChI=1S/C14H19BrN2O2S/c15-11-6-7-12(16)14(9-11)20(18,19)17-8-2-4-10-3-1-5-13(10)17/h6-7,9-10,13H,1-5,8,16H2. The zero-order chi connectivity index (χ0) is 14.3. The molecule has 1 aliphatic carbocycles. The maximum absolute atomic E-state index is 12.9. The van der Waals surface area contributed by atoms with E-state index in [0.717, 1.165) is 36.6 Å². The molecule has 1 aromatic carbocycles.